The van der Waals surface area contributed by atoms with E-state index in [1.807, 2.05) is 35.2 Å². The van der Waals surface area contributed by atoms with Gasteiger partial charge in [-0.1, -0.05) is 37.6 Å². The average molecular weight is 392 g/mol. The van der Waals surface area contributed by atoms with Gasteiger partial charge in [-0.15, -0.1) is 0 Å². The minimum Gasteiger partial charge on any atom is -0.454 e. The van der Waals surface area contributed by atoms with Gasteiger partial charge in [-0.2, -0.15) is 0 Å². The van der Waals surface area contributed by atoms with Crippen LogP contribution in [0.4, 0.5) is 5.69 Å². The molecule has 5 nitrogen and oxygen atoms in total. The number of hydrogen-bond acceptors (Lipinski definition) is 4. The average Bonchev–Trinajstić information content (AvgIpc) is 2.83. The number of ether oxygens (including phenoxy) is 1. The zero-order valence-electron chi connectivity index (χ0n) is 17.7. The van der Waals surface area contributed by atoms with Gasteiger partial charge in [0.1, 0.15) is 17.3 Å². The summed E-state index contributed by atoms with van der Waals surface area (Å²) in [5, 5.41) is 0. The van der Waals surface area contributed by atoms with Gasteiger partial charge < -0.3 is 14.5 Å². The zero-order chi connectivity index (χ0) is 20.5. The SMILES string of the molecule is Cc1ccc2c(c1)C(N1CCN(C(=O)CC(C)C)[C@@H](C)C1)=Nc1ccccc1O2. The van der Waals surface area contributed by atoms with Crippen molar-refractivity contribution in [2.24, 2.45) is 10.9 Å². The summed E-state index contributed by atoms with van der Waals surface area (Å²) in [5.74, 6) is 3.15. The van der Waals surface area contributed by atoms with E-state index in [9.17, 15) is 4.79 Å². The van der Waals surface area contributed by atoms with E-state index in [1.165, 1.54) is 5.56 Å². The molecule has 1 amide bonds. The monoisotopic (exact) mass is 391 g/mol. The van der Waals surface area contributed by atoms with Crippen molar-refractivity contribution in [2.45, 2.75) is 40.2 Å². The van der Waals surface area contributed by atoms with Crippen molar-refractivity contribution in [1.29, 1.82) is 0 Å². The Hall–Kier alpha value is -2.82. The number of aryl methyl sites for hydroxylation is 1. The maximum absolute atomic E-state index is 12.6. The normalized spacial score (nSPS) is 18.5. The Morgan fingerprint density at radius 1 is 1.17 bits per heavy atom. The number of fused-ring (bicyclic) bond motifs is 2. The fraction of sp³-hybridized carbons (Fsp3) is 0.417. The van der Waals surface area contributed by atoms with Gasteiger partial charge >= 0.3 is 0 Å². The van der Waals surface area contributed by atoms with Crippen molar-refractivity contribution in [1.82, 2.24) is 9.80 Å². The Morgan fingerprint density at radius 3 is 2.72 bits per heavy atom. The molecule has 1 fully saturated rings. The lowest BCUT2D eigenvalue weighted by molar-refractivity contribution is -0.135. The highest BCUT2D eigenvalue weighted by molar-refractivity contribution is 6.04. The van der Waals surface area contributed by atoms with Crippen molar-refractivity contribution in [2.75, 3.05) is 19.6 Å². The first-order valence-electron chi connectivity index (χ1n) is 10.4. The van der Waals surface area contributed by atoms with Gasteiger partial charge in [-0.25, -0.2) is 4.99 Å². The van der Waals surface area contributed by atoms with Crippen LogP contribution in [-0.2, 0) is 4.79 Å². The summed E-state index contributed by atoms with van der Waals surface area (Å²) >= 11 is 0. The molecule has 4 rings (SSSR count). The molecule has 1 atom stereocenters. The molecule has 5 heteroatoms. The van der Waals surface area contributed by atoms with Crippen LogP contribution in [0, 0.1) is 12.8 Å². The minimum atomic E-state index is 0.144. The Kier molecular flexibility index (Phi) is 5.31. The van der Waals surface area contributed by atoms with Crippen LogP contribution in [-0.4, -0.2) is 47.2 Å². The number of para-hydroxylation sites is 2. The highest BCUT2D eigenvalue weighted by atomic mass is 16.5. The first kappa shape index (κ1) is 19.5. The molecule has 0 saturated carbocycles. The number of piperazine rings is 1. The third kappa shape index (κ3) is 4.00. The summed E-state index contributed by atoms with van der Waals surface area (Å²) in [7, 11) is 0. The Balaban J connectivity index is 1.66. The van der Waals surface area contributed by atoms with Crippen molar-refractivity contribution < 1.29 is 9.53 Å². The molecule has 2 aromatic carbocycles. The van der Waals surface area contributed by atoms with Crippen LogP contribution < -0.4 is 4.74 Å². The second kappa shape index (κ2) is 7.90. The number of amides is 1. The van der Waals surface area contributed by atoms with Crippen LogP contribution in [0.5, 0.6) is 11.5 Å². The number of rotatable bonds is 2. The van der Waals surface area contributed by atoms with Gasteiger partial charge in [0.15, 0.2) is 5.75 Å². The predicted molar refractivity (Wildman–Crippen MR) is 116 cm³/mol. The molecular formula is C24H29N3O2. The van der Waals surface area contributed by atoms with Gasteiger partial charge in [-0.3, -0.25) is 4.79 Å². The lowest BCUT2D eigenvalue weighted by Crippen LogP contribution is -2.55. The minimum absolute atomic E-state index is 0.144. The molecule has 0 N–H and O–H groups in total. The molecule has 152 valence electrons. The fourth-order valence-corrected chi connectivity index (χ4v) is 4.06. The van der Waals surface area contributed by atoms with E-state index in [0.717, 1.165) is 48.2 Å². The maximum atomic E-state index is 12.6. The number of aliphatic imine (C=N–C) groups is 1. The molecule has 0 radical (unpaired) electrons. The van der Waals surface area contributed by atoms with Gasteiger partial charge in [0, 0.05) is 32.1 Å². The summed E-state index contributed by atoms with van der Waals surface area (Å²) in [6, 6.07) is 14.3. The lowest BCUT2D eigenvalue weighted by atomic mass is 10.1. The molecule has 1 saturated heterocycles. The third-order valence-corrected chi connectivity index (χ3v) is 5.52. The molecule has 0 bridgehead atoms. The number of carbonyl (C=O) groups excluding carboxylic acids is 1. The Bertz CT molecular complexity index is 951. The zero-order valence-corrected chi connectivity index (χ0v) is 17.7. The summed E-state index contributed by atoms with van der Waals surface area (Å²) in [4.78, 5) is 22.0. The molecule has 2 heterocycles. The fourth-order valence-electron chi connectivity index (χ4n) is 4.06. The van der Waals surface area contributed by atoms with E-state index in [1.54, 1.807) is 0 Å². The van der Waals surface area contributed by atoms with Gasteiger partial charge in [0.2, 0.25) is 5.91 Å². The number of amidine groups is 1. The maximum Gasteiger partial charge on any atom is 0.223 e. The highest BCUT2D eigenvalue weighted by Gasteiger charge is 2.31. The molecule has 0 aliphatic carbocycles. The Labute approximate surface area is 173 Å². The predicted octanol–water partition coefficient (Wildman–Crippen LogP) is 4.76. The van der Waals surface area contributed by atoms with Crippen molar-refractivity contribution in [3.63, 3.8) is 0 Å². The molecule has 2 aromatic rings. The number of carbonyl (C=O) groups is 1. The molecule has 2 aliphatic rings. The van der Waals surface area contributed by atoms with E-state index >= 15 is 0 Å². The number of benzene rings is 2. The summed E-state index contributed by atoms with van der Waals surface area (Å²) in [6.45, 7) is 10.6. The van der Waals surface area contributed by atoms with Crippen LogP contribution >= 0.6 is 0 Å². The first-order chi connectivity index (χ1) is 13.9. The molecule has 0 spiro atoms. The van der Waals surface area contributed by atoms with Crippen LogP contribution in [0.1, 0.15) is 38.3 Å². The van der Waals surface area contributed by atoms with Gasteiger partial charge in [0.25, 0.3) is 0 Å². The first-order valence-corrected chi connectivity index (χ1v) is 10.4. The van der Waals surface area contributed by atoms with Crippen molar-refractivity contribution >= 4 is 17.4 Å². The van der Waals surface area contributed by atoms with Crippen LogP contribution in [0.3, 0.4) is 0 Å². The second-order valence-corrected chi connectivity index (χ2v) is 8.48. The molecule has 2 aliphatic heterocycles. The van der Waals surface area contributed by atoms with Crippen LogP contribution in [0.25, 0.3) is 0 Å². The quantitative estimate of drug-likeness (QED) is 0.742. The highest BCUT2D eigenvalue weighted by Crippen LogP contribution is 2.38. The van der Waals surface area contributed by atoms with Gasteiger partial charge in [0.05, 0.1) is 5.56 Å². The van der Waals surface area contributed by atoms with Crippen LogP contribution in [0.15, 0.2) is 47.5 Å². The topological polar surface area (TPSA) is 45.1 Å². The van der Waals surface area contributed by atoms with E-state index in [-0.39, 0.29) is 11.9 Å². The standard InChI is InChI=1S/C24H29N3O2/c1-16(2)13-23(28)27-12-11-26(15-18(27)4)24-19-14-17(3)9-10-21(19)29-22-8-6-5-7-20(22)25-24/h5-10,14,16,18H,11-13,15H2,1-4H3/t18-/m0/s1. The van der Waals surface area contributed by atoms with E-state index in [4.69, 9.17) is 9.73 Å². The van der Waals surface area contributed by atoms with E-state index in [0.29, 0.717) is 12.3 Å². The van der Waals surface area contributed by atoms with Crippen molar-refractivity contribution in [3.8, 4) is 11.5 Å². The largest absolute Gasteiger partial charge is 0.454 e. The second-order valence-electron chi connectivity index (χ2n) is 8.48. The summed E-state index contributed by atoms with van der Waals surface area (Å²) < 4.78 is 6.20. The van der Waals surface area contributed by atoms with E-state index < -0.39 is 0 Å². The summed E-state index contributed by atoms with van der Waals surface area (Å²) in [6.07, 6.45) is 0.606. The van der Waals surface area contributed by atoms with Gasteiger partial charge in [-0.05, 0) is 44.0 Å². The lowest BCUT2D eigenvalue weighted by Gasteiger charge is -2.41. The molecule has 0 aromatic heterocycles. The Morgan fingerprint density at radius 2 is 1.97 bits per heavy atom. The molecule has 0 unspecified atom stereocenters. The number of nitrogens with zero attached hydrogens (tertiary/aromatic N) is 3. The number of hydrogen-bond donors (Lipinski definition) is 0. The van der Waals surface area contributed by atoms with Crippen LogP contribution in [0.2, 0.25) is 0 Å². The van der Waals surface area contributed by atoms with Crippen molar-refractivity contribution in [3.05, 3.63) is 53.6 Å². The van der Waals surface area contributed by atoms with E-state index in [2.05, 4.69) is 44.7 Å². The molecular weight excluding hydrogens is 362 g/mol. The molecule has 29 heavy (non-hydrogen) atoms. The smallest absolute Gasteiger partial charge is 0.223 e. The summed E-state index contributed by atoms with van der Waals surface area (Å²) in [5.41, 5.74) is 3.02. The third-order valence-electron chi connectivity index (χ3n) is 5.52.